The highest BCUT2D eigenvalue weighted by atomic mass is 35.5. The Bertz CT molecular complexity index is 637. The average Bonchev–Trinajstić information content (AvgIpc) is 2.36. The molecule has 5 heteroatoms. The van der Waals surface area contributed by atoms with Gasteiger partial charge < -0.3 is 0 Å². The zero-order valence-corrected chi connectivity index (χ0v) is 10.5. The van der Waals surface area contributed by atoms with Crippen molar-refractivity contribution in [3.63, 3.8) is 0 Å². The monoisotopic (exact) mass is 281 g/mol. The largest absolute Gasteiger partial charge is 0.207 e. The van der Waals surface area contributed by atoms with E-state index < -0.39 is 11.6 Å². The van der Waals surface area contributed by atoms with E-state index in [2.05, 4.69) is 0 Å². The quantitative estimate of drug-likeness (QED) is 0.800. The molecule has 0 saturated carbocycles. The molecule has 0 aliphatic rings. The van der Waals surface area contributed by atoms with Crippen molar-refractivity contribution in [1.29, 1.82) is 5.26 Å². The van der Waals surface area contributed by atoms with Crippen molar-refractivity contribution in [1.82, 2.24) is 0 Å². The highest BCUT2D eigenvalue weighted by molar-refractivity contribution is 7.99. The Morgan fingerprint density at radius 3 is 2.56 bits per heavy atom. The molecule has 0 aliphatic heterocycles. The van der Waals surface area contributed by atoms with E-state index >= 15 is 0 Å². The van der Waals surface area contributed by atoms with Crippen molar-refractivity contribution in [2.75, 3.05) is 0 Å². The molecule has 0 radical (unpaired) electrons. The van der Waals surface area contributed by atoms with E-state index in [1.54, 1.807) is 12.1 Å². The molecule has 2 aromatic rings. The minimum Gasteiger partial charge on any atom is -0.207 e. The van der Waals surface area contributed by atoms with Gasteiger partial charge >= 0.3 is 0 Å². The van der Waals surface area contributed by atoms with Crippen LogP contribution in [0.4, 0.5) is 8.78 Å². The third-order valence-corrected chi connectivity index (χ3v) is 3.52. The van der Waals surface area contributed by atoms with Gasteiger partial charge in [0, 0.05) is 9.92 Å². The molecule has 0 aromatic heterocycles. The first-order chi connectivity index (χ1) is 8.60. The first-order valence-corrected chi connectivity index (χ1v) is 6.12. The van der Waals surface area contributed by atoms with E-state index in [4.69, 9.17) is 16.9 Å². The van der Waals surface area contributed by atoms with Crippen molar-refractivity contribution >= 4 is 23.4 Å². The molecule has 1 nitrogen and oxygen atoms in total. The van der Waals surface area contributed by atoms with Crippen molar-refractivity contribution in [3.05, 3.63) is 58.6 Å². The Balaban J connectivity index is 2.40. The number of hydrogen-bond acceptors (Lipinski definition) is 2. The molecule has 0 atom stereocenters. The number of nitriles is 1. The van der Waals surface area contributed by atoms with Crippen LogP contribution in [0.2, 0.25) is 5.02 Å². The predicted molar refractivity (Wildman–Crippen MR) is 66.6 cm³/mol. The highest BCUT2D eigenvalue weighted by Crippen LogP contribution is 2.33. The van der Waals surface area contributed by atoms with Gasteiger partial charge in [0.2, 0.25) is 0 Å². The second-order valence-electron chi connectivity index (χ2n) is 3.43. The van der Waals surface area contributed by atoms with Crippen LogP contribution in [0.1, 0.15) is 5.56 Å². The predicted octanol–water partition coefficient (Wildman–Crippen LogP) is 4.64. The summed E-state index contributed by atoms with van der Waals surface area (Å²) in [6, 6.07) is 9.86. The van der Waals surface area contributed by atoms with Gasteiger partial charge in [0.1, 0.15) is 17.7 Å². The molecule has 0 unspecified atom stereocenters. The Morgan fingerprint density at radius 2 is 1.83 bits per heavy atom. The fraction of sp³-hybridized carbons (Fsp3) is 0. The normalized spacial score (nSPS) is 10.1. The molecule has 0 spiro atoms. The summed E-state index contributed by atoms with van der Waals surface area (Å²) >= 11 is 6.75. The van der Waals surface area contributed by atoms with Gasteiger partial charge in [0.05, 0.1) is 10.5 Å². The van der Waals surface area contributed by atoms with Gasteiger partial charge in [-0.3, -0.25) is 0 Å². The Kier molecular flexibility index (Phi) is 3.85. The van der Waals surface area contributed by atoms with E-state index in [-0.39, 0.29) is 4.90 Å². The maximum atomic E-state index is 13.5. The fourth-order valence-electron chi connectivity index (χ4n) is 1.35. The van der Waals surface area contributed by atoms with Crippen LogP contribution in [0.5, 0.6) is 0 Å². The number of nitrogens with zero attached hydrogens (tertiary/aromatic N) is 1. The summed E-state index contributed by atoms with van der Waals surface area (Å²) in [4.78, 5) is 0.667. The van der Waals surface area contributed by atoms with Crippen LogP contribution in [-0.2, 0) is 0 Å². The molecule has 2 rings (SSSR count). The van der Waals surface area contributed by atoms with Crippen LogP contribution in [0.3, 0.4) is 0 Å². The molecule has 90 valence electrons. The lowest BCUT2D eigenvalue weighted by Crippen LogP contribution is -1.86. The lowest BCUT2D eigenvalue weighted by Gasteiger charge is -2.05. The Hall–Kier alpha value is -1.57. The molecule has 0 N–H and O–H groups in total. The maximum absolute atomic E-state index is 13.5. The second-order valence-corrected chi connectivity index (χ2v) is 4.95. The van der Waals surface area contributed by atoms with Crippen molar-refractivity contribution < 1.29 is 8.78 Å². The molecule has 2 aromatic carbocycles. The van der Waals surface area contributed by atoms with Crippen LogP contribution in [0.25, 0.3) is 0 Å². The molecule has 0 aliphatic carbocycles. The summed E-state index contributed by atoms with van der Waals surface area (Å²) in [5, 5.41) is 9.38. The van der Waals surface area contributed by atoms with Gasteiger partial charge in [-0.05, 0) is 36.4 Å². The zero-order valence-electron chi connectivity index (χ0n) is 8.95. The van der Waals surface area contributed by atoms with Crippen LogP contribution in [0.15, 0.2) is 46.2 Å². The van der Waals surface area contributed by atoms with Crippen molar-refractivity contribution in [2.45, 2.75) is 9.79 Å². The van der Waals surface area contributed by atoms with Gasteiger partial charge in [-0.25, -0.2) is 8.78 Å². The molecule has 0 bridgehead atoms. The maximum Gasteiger partial charge on any atom is 0.137 e. The third-order valence-electron chi connectivity index (χ3n) is 2.18. The SMILES string of the molecule is N#Cc1cc(Cl)ccc1Sc1cc(F)ccc1F. The lowest BCUT2D eigenvalue weighted by atomic mass is 10.2. The number of hydrogen-bond donors (Lipinski definition) is 0. The highest BCUT2D eigenvalue weighted by Gasteiger charge is 2.09. The third kappa shape index (κ3) is 2.81. The molecule has 0 heterocycles. The minimum absolute atomic E-state index is 0.133. The van der Waals surface area contributed by atoms with Crippen LogP contribution in [0, 0.1) is 23.0 Å². The smallest absolute Gasteiger partial charge is 0.137 e. The summed E-state index contributed by atoms with van der Waals surface area (Å²) < 4.78 is 26.5. The van der Waals surface area contributed by atoms with Crippen LogP contribution >= 0.6 is 23.4 Å². The van der Waals surface area contributed by atoms with E-state index in [0.29, 0.717) is 15.5 Å². The standard InChI is InChI=1S/C13H6ClF2NS/c14-9-1-4-12(8(5-9)7-17)18-13-6-10(15)2-3-11(13)16/h1-6H. The van der Waals surface area contributed by atoms with Crippen LogP contribution < -0.4 is 0 Å². The van der Waals surface area contributed by atoms with E-state index in [9.17, 15) is 8.78 Å². The molecule has 0 amide bonds. The first-order valence-electron chi connectivity index (χ1n) is 4.92. The van der Waals surface area contributed by atoms with E-state index in [1.165, 1.54) is 6.07 Å². The second kappa shape index (κ2) is 5.38. The number of halogens is 3. The summed E-state index contributed by atoms with van der Waals surface area (Å²) in [5.41, 5.74) is 0.330. The molecule has 18 heavy (non-hydrogen) atoms. The molecule has 0 saturated heterocycles. The topological polar surface area (TPSA) is 23.8 Å². The zero-order chi connectivity index (χ0) is 13.1. The molecular formula is C13H6ClF2NS. The van der Waals surface area contributed by atoms with Crippen LogP contribution in [-0.4, -0.2) is 0 Å². The van der Waals surface area contributed by atoms with Gasteiger partial charge in [0.15, 0.2) is 0 Å². The van der Waals surface area contributed by atoms with E-state index in [0.717, 1.165) is 30.0 Å². The van der Waals surface area contributed by atoms with Gasteiger partial charge in [-0.2, -0.15) is 5.26 Å². The average molecular weight is 282 g/mol. The van der Waals surface area contributed by atoms with Gasteiger partial charge in [-0.1, -0.05) is 23.4 Å². The lowest BCUT2D eigenvalue weighted by molar-refractivity contribution is 0.577. The van der Waals surface area contributed by atoms with Gasteiger partial charge in [-0.15, -0.1) is 0 Å². The molecule has 0 fully saturated rings. The van der Waals surface area contributed by atoms with E-state index in [1.807, 2.05) is 6.07 Å². The summed E-state index contributed by atoms with van der Waals surface area (Å²) in [6.07, 6.45) is 0. The van der Waals surface area contributed by atoms with Gasteiger partial charge in [0.25, 0.3) is 0 Å². The van der Waals surface area contributed by atoms with Crippen molar-refractivity contribution in [2.24, 2.45) is 0 Å². The Morgan fingerprint density at radius 1 is 1.06 bits per heavy atom. The first kappa shape index (κ1) is 12.9. The fourth-order valence-corrected chi connectivity index (χ4v) is 2.45. The number of benzene rings is 2. The minimum atomic E-state index is -0.528. The summed E-state index contributed by atoms with van der Waals surface area (Å²) in [6.45, 7) is 0. The van der Waals surface area contributed by atoms with Crippen molar-refractivity contribution in [3.8, 4) is 6.07 Å². The summed E-state index contributed by atoms with van der Waals surface area (Å²) in [5.74, 6) is -1.05. The Labute approximate surface area is 112 Å². The number of rotatable bonds is 2. The molecular weight excluding hydrogens is 276 g/mol. The summed E-state index contributed by atoms with van der Waals surface area (Å²) in [7, 11) is 0.